The van der Waals surface area contributed by atoms with E-state index in [1.165, 1.54) is 5.56 Å². The zero-order chi connectivity index (χ0) is 17.3. The summed E-state index contributed by atoms with van der Waals surface area (Å²) in [5, 5.41) is 13.2. The van der Waals surface area contributed by atoms with E-state index >= 15 is 0 Å². The average molecular weight is 341 g/mol. The van der Waals surface area contributed by atoms with Gasteiger partial charge in [0.05, 0.1) is 12.4 Å². The number of aliphatic hydroxyl groups excluding tert-OH is 1. The van der Waals surface area contributed by atoms with Crippen LogP contribution in [0.25, 0.3) is 0 Å². The predicted molar refractivity (Wildman–Crippen MR) is 99.7 cm³/mol. The highest BCUT2D eigenvalue weighted by Gasteiger charge is 2.19. The standard InChI is InChI=1S/C20H27N3O2/c24-18-10-14-23(15-11-18)20(22-13-9-19-7-4-16-25-19)21-12-8-17-5-2-1-3-6-17/h1-7,16,18,24H,8-15H2,(H,21,22). The van der Waals surface area contributed by atoms with Crippen LogP contribution in [-0.2, 0) is 12.8 Å². The number of rotatable bonds is 6. The third-order valence-corrected chi connectivity index (χ3v) is 4.50. The number of likely N-dealkylation sites (tertiary alicyclic amines) is 1. The third-order valence-electron chi connectivity index (χ3n) is 4.50. The van der Waals surface area contributed by atoms with E-state index in [9.17, 15) is 5.11 Å². The van der Waals surface area contributed by atoms with E-state index < -0.39 is 0 Å². The van der Waals surface area contributed by atoms with Crippen molar-refractivity contribution in [1.82, 2.24) is 10.2 Å². The molecule has 1 aromatic heterocycles. The van der Waals surface area contributed by atoms with Crippen LogP contribution >= 0.6 is 0 Å². The molecule has 0 bridgehead atoms. The van der Waals surface area contributed by atoms with Gasteiger partial charge in [0.2, 0.25) is 0 Å². The first-order valence-corrected chi connectivity index (χ1v) is 9.09. The quantitative estimate of drug-likeness (QED) is 0.626. The molecule has 0 amide bonds. The van der Waals surface area contributed by atoms with E-state index in [4.69, 9.17) is 9.41 Å². The van der Waals surface area contributed by atoms with Gasteiger partial charge in [-0.05, 0) is 37.0 Å². The number of hydrogen-bond acceptors (Lipinski definition) is 3. The van der Waals surface area contributed by atoms with E-state index in [0.717, 1.165) is 57.0 Å². The maximum atomic E-state index is 9.74. The highest BCUT2D eigenvalue weighted by atomic mass is 16.3. The Morgan fingerprint density at radius 2 is 1.92 bits per heavy atom. The van der Waals surface area contributed by atoms with Crippen LogP contribution in [0.3, 0.4) is 0 Å². The van der Waals surface area contributed by atoms with Crippen LogP contribution in [0.1, 0.15) is 24.2 Å². The van der Waals surface area contributed by atoms with E-state index in [2.05, 4.69) is 34.5 Å². The van der Waals surface area contributed by atoms with Crippen molar-refractivity contribution in [2.24, 2.45) is 4.99 Å². The average Bonchev–Trinajstić information content (AvgIpc) is 3.16. The summed E-state index contributed by atoms with van der Waals surface area (Å²) < 4.78 is 5.38. The van der Waals surface area contributed by atoms with Gasteiger partial charge in [-0.3, -0.25) is 4.99 Å². The lowest BCUT2D eigenvalue weighted by atomic mass is 10.1. The van der Waals surface area contributed by atoms with Gasteiger partial charge in [-0.2, -0.15) is 0 Å². The molecule has 0 radical (unpaired) electrons. The first kappa shape index (κ1) is 17.5. The highest BCUT2D eigenvalue weighted by Crippen LogP contribution is 2.10. The minimum atomic E-state index is -0.176. The number of benzene rings is 1. The van der Waals surface area contributed by atoms with E-state index in [1.807, 2.05) is 18.2 Å². The van der Waals surface area contributed by atoms with Crippen LogP contribution < -0.4 is 5.32 Å². The van der Waals surface area contributed by atoms with Crippen molar-refractivity contribution in [3.63, 3.8) is 0 Å². The molecule has 5 nitrogen and oxygen atoms in total. The van der Waals surface area contributed by atoms with Gasteiger partial charge in [-0.15, -0.1) is 0 Å². The molecular weight excluding hydrogens is 314 g/mol. The first-order valence-electron chi connectivity index (χ1n) is 9.09. The Morgan fingerprint density at radius 3 is 2.64 bits per heavy atom. The van der Waals surface area contributed by atoms with Gasteiger partial charge in [0.15, 0.2) is 5.96 Å². The van der Waals surface area contributed by atoms with Gasteiger partial charge in [-0.25, -0.2) is 0 Å². The number of furan rings is 1. The SMILES string of the molecule is OC1CCN(C(=NCCc2ccco2)NCCc2ccccc2)CC1. The molecule has 0 spiro atoms. The second-order valence-corrected chi connectivity index (χ2v) is 6.42. The maximum Gasteiger partial charge on any atom is 0.193 e. The molecule has 1 aliphatic heterocycles. The summed E-state index contributed by atoms with van der Waals surface area (Å²) in [6.07, 6.45) is 4.89. The summed E-state index contributed by atoms with van der Waals surface area (Å²) in [6, 6.07) is 14.4. The molecule has 3 rings (SSSR count). The maximum absolute atomic E-state index is 9.74. The van der Waals surface area contributed by atoms with Crippen LogP contribution in [0.4, 0.5) is 0 Å². The molecule has 134 valence electrons. The monoisotopic (exact) mass is 341 g/mol. The molecule has 0 aliphatic carbocycles. The minimum absolute atomic E-state index is 0.176. The molecule has 0 unspecified atom stereocenters. The van der Waals surface area contributed by atoms with E-state index in [0.29, 0.717) is 6.54 Å². The van der Waals surface area contributed by atoms with Gasteiger partial charge >= 0.3 is 0 Å². The topological polar surface area (TPSA) is 61.0 Å². The van der Waals surface area contributed by atoms with Crippen LogP contribution in [0.5, 0.6) is 0 Å². The number of aliphatic hydroxyl groups is 1. The first-order chi connectivity index (χ1) is 12.3. The molecule has 2 aromatic rings. The summed E-state index contributed by atoms with van der Waals surface area (Å²) in [4.78, 5) is 7.02. The van der Waals surface area contributed by atoms with Gasteiger partial charge in [0.1, 0.15) is 5.76 Å². The Bertz CT molecular complexity index is 632. The molecule has 5 heteroatoms. The van der Waals surface area contributed by atoms with Crippen LogP contribution in [0, 0.1) is 0 Å². The molecule has 2 heterocycles. The van der Waals surface area contributed by atoms with E-state index in [-0.39, 0.29) is 6.10 Å². The number of nitrogens with zero attached hydrogens (tertiary/aromatic N) is 2. The Balaban J connectivity index is 1.55. The van der Waals surface area contributed by atoms with Gasteiger partial charge in [0.25, 0.3) is 0 Å². The Morgan fingerprint density at radius 1 is 1.12 bits per heavy atom. The summed E-state index contributed by atoms with van der Waals surface area (Å²) in [5.74, 6) is 1.90. The van der Waals surface area contributed by atoms with Crippen molar-refractivity contribution in [1.29, 1.82) is 0 Å². The summed E-state index contributed by atoms with van der Waals surface area (Å²) in [6.45, 7) is 3.24. The zero-order valence-corrected chi connectivity index (χ0v) is 14.6. The third kappa shape index (κ3) is 5.64. The van der Waals surface area contributed by atoms with E-state index in [1.54, 1.807) is 6.26 Å². The van der Waals surface area contributed by atoms with Crippen LogP contribution in [0.15, 0.2) is 58.1 Å². The summed E-state index contributed by atoms with van der Waals surface area (Å²) in [7, 11) is 0. The lowest BCUT2D eigenvalue weighted by Gasteiger charge is -2.32. The minimum Gasteiger partial charge on any atom is -0.469 e. The van der Waals surface area contributed by atoms with Crippen molar-refractivity contribution in [2.45, 2.75) is 31.8 Å². The highest BCUT2D eigenvalue weighted by molar-refractivity contribution is 5.80. The molecule has 1 fully saturated rings. The smallest absolute Gasteiger partial charge is 0.193 e. The van der Waals surface area contributed by atoms with Crippen molar-refractivity contribution in [3.05, 3.63) is 60.1 Å². The molecular formula is C20H27N3O2. The number of piperidine rings is 1. The summed E-state index contributed by atoms with van der Waals surface area (Å²) >= 11 is 0. The molecule has 0 atom stereocenters. The predicted octanol–water partition coefficient (Wildman–Crippen LogP) is 2.47. The van der Waals surface area contributed by atoms with Gasteiger partial charge < -0.3 is 19.7 Å². The van der Waals surface area contributed by atoms with Crippen molar-refractivity contribution >= 4 is 5.96 Å². The largest absolute Gasteiger partial charge is 0.469 e. The Labute approximate surface area is 149 Å². The van der Waals surface area contributed by atoms with Crippen molar-refractivity contribution in [2.75, 3.05) is 26.2 Å². The van der Waals surface area contributed by atoms with Crippen molar-refractivity contribution in [3.8, 4) is 0 Å². The molecule has 25 heavy (non-hydrogen) atoms. The molecule has 1 aliphatic rings. The number of hydrogen-bond donors (Lipinski definition) is 2. The summed E-state index contributed by atoms with van der Waals surface area (Å²) in [5.41, 5.74) is 1.32. The number of nitrogens with one attached hydrogen (secondary N) is 1. The van der Waals surface area contributed by atoms with Crippen LogP contribution in [0.2, 0.25) is 0 Å². The lowest BCUT2D eigenvalue weighted by molar-refractivity contribution is 0.108. The van der Waals surface area contributed by atoms with Gasteiger partial charge in [0, 0.05) is 32.6 Å². The normalized spacial score (nSPS) is 16.2. The lowest BCUT2D eigenvalue weighted by Crippen LogP contribution is -2.47. The fourth-order valence-electron chi connectivity index (χ4n) is 3.04. The molecule has 2 N–H and O–H groups in total. The van der Waals surface area contributed by atoms with Crippen molar-refractivity contribution < 1.29 is 9.52 Å². The van der Waals surface area contributed by atoms with Crippen LogP contribution in [-0.4, -0.2) is 48.2 Å². The Kier molecular flexibility index (Phi) is 6.51. The molecule has 1 saturated heterocycles. The fourth-order valence-corrected chi connectivity index (χ4v) is 3.04. The van der Waals surface area contributed by atoms with Gasteiger partial charge in [-0.1, -0.05) is 30.3 Å². The number of guanidine groups is 1. The fraction of sp³-hybridized carbons (Fsp3) is 0.450. The Hall–Kier alpha value is -2.27. The second kappa shape index (κ2) is 9.28. The second-order valence-electron chi connectivity index (χ2n) is 6.42. The number of aliphatic imine (C=N–C) groups is 1. The molecule has 1 aromatic carbocycles. The zero-order valence-electron chi connectivity index (χ0n) is 14.6. The molecule has 0 saturated carbocycles.